The minimum Gasteiger partial charge on any atom is -0.469 e. The van der Waals surface area contributed by atoms with Crippen molar-refractivity contribution in [3.8, 4) is 0 Å². The smallest absolute Gasteiger partial charge is 0.305 e. The minimum absolute atomic E-state index is 0.154. The molecule has 0 fully saturated rings. The van der Waals surface area contributed by atoms with Gasteiger partial charge in [0.25, 0.3) is 0 Å². The number of aryl methyl sites for hydroxylation is 1. The summed E-state index contributed by atoms with van der Waals surface area (Å²) in [6.07, 6.45) is 1.22. The molecule has 0 heterocycles. The Hall–Kier alpha value is -1.31. The van der Waals surface area contributed by atoms with Crippen LogP contribution in [0.2, 0.25) is 0 Å². The van der Waals surface area contributed by atoms with Gasteiger partial charge in [0.1, 0.15) is 0 Å². The molecule has 0 atom stereocenters. The van der Waals surface area contributed by atoms with Crippen molar-refractivity contribution in [2.45, 2.75) is 40.5 Å². The van der Waals surface area contributed by atoms with Crippen LogP contribution < -0.4 is 0 Å². The van der Waals surface area contributed by atoms with E-state index in [9.17, 15) is 4.79 Å². The molecule has 92 valence electrons. The first-order valence-electron chi connectivity index (χ1n) is 5.93. The highest BCUT2D eigenvalue weighted by Crippen LogP contribution is 2.02. The lowest BCUT2D eigenvalue weighted by Gasteiger charge is -1.98. The molecular formula is C14H24O2. The first-order chi connectivity index (χ1) is 7.83. The Morgan fingerprint density at radius 2 is 1.56 bits per heavy atom. The Balaban J connectivity index is 0. The number of carbonyl (C=O) groups is 1. The molecule has 0 saturated carbocycles. The SMILES string of the molecule is CC.CC.COC(=O)CCc1ccccc1. The molecule has 2 nitrogen and oxygen atoms in total. The average molecular weight is 224 g/mol. The monoisotopic (exact) mass is 224 g/mol. The van der Waals surface area contributed by atoms with E-state index in [0.717, 1.165) is 6.42 Å². The summed E-state index contributed by atoms with van der Waals surface area (Å²) in [5.41, 5.74) is 1.17. The fourth-order valence-electron chi connectivity index (χ4n) is 0.993. The first kappa shape index (κ1) is 17.1. The number of methoxy groups -OCH3 is 1. The highest BCUT2D eigenvalue weighted by atomic mass is 16.5. The number of carbonyl (C=O) groups excluding carboxylic acids is 1. The molecule has 1 aromatic carbocycles. The summed E-state index contributed by atoms with van der Waals surface area (Å²) < 4.78 is 4.53. The van der Waals surface area contributed by atoms with Gasteiger partial charge < -0.3 is 4.74 Å². The lowest BCUT2D eigenvalue weighted by molar-refractivity contribution is -0.140. The van der Waals surface area contributed by atoms with Crippen LogP contribution in [-0.2, 0) is 16.0 Å². The molecule has 0 unspecified atom stereocenters. The molecule has 0 amide bonds. The second-order valence-corrected chi connectivity index (χ2v) is 2.56. The van der Waals surface area contributed by atoms with Crippen LogP contribution in [0, 0.1) is 0 Å². The van der Waals surface area contributed by atoms with Gasteiger partial charge in [-0.3, -0.25) is 4.79 Å². The highest BCUT2D eigenvalue weighted by Gasteiger charge is 1.99. The largest absolute Gasteiger partial charge is 0.469 e. The molecule has 0 aliphatic carbocycles. The third-order valence-electron chi connectivity index (χ3n) is 1.69. The van der Waals surface area contributed by atoms with E-state index in [4.69, 9.17) is 0 Å². The van der Waals surface area contributed by atoms with Crippen LogP contribution >= 0.6 is 0 Å². The van der Waals surface area contributed by atoms with Gasteiger partial charge in [0, 0.05) is 6.42 Å². The predicted molar refractivity (Wildman–Crippen MR) is 69.5 cm³/mol. The molecule has 2 heteroatoms. The van der Waals surface area contributed by atoms with Gasteiger partial charge in [-0.1, -0.05) is 58.0 Å². The fraction of sp³-hybridized carbons (Fsp3) is 0.500. The van der Waals surface area contributed by atoms with Gasteiger partial charge in [-0.15, -0.1) is 0 Å². The predicted octanol–water partition coefficient (Wildman–Crippen LogP) is 3.84. The van der Waals surface area contributed by atoms with Crippen LogP contribution in [0.1, 0.15) is 39.7 Å². The van der Waals surface area contributed by atoms with E-state index in [-0.39, 0.29) is 5.97 Å². The summed E-state index contributed by atoms with van der Waals surface area (Å²) >= 11 is 0. The van der Waals surface area contributed by atoms with E-state index in [2.05, 4.69) is 4.74 Å². The van der Waals surface area contributed by atoms with Crippen LogP contribution in [0.5, 0.6) is 0 Å². The summed E-state index contributed by atoms with van der Waals surface area (Å²) in [7, 11) is 1.41. The van der Waals surface area contributed by atoms with Gasteiger partial charge in [-0.25, -0.2) is 0 Å². The lowest BCUT2D eigenvalue weighted by atomic mass is 10.1. The van der Waals surface area contributed by atoms with Gasteiger partial charge in [0.05, 0.1) is 7.11 Å². The Morgan fingerprint density at radius 3 is 2.00 bits per heavy atom. The fourth-order valence-corrected chi connectivity index (χ4v) is 0.993. The molecule has 0 aliphatic heterocycles. The average Bonchev–Trinajstić information content (AvgIpc) is 2.41. The molecule has 0 aromatic heterocycles. The zero-order valence-corrected chi connectivity index (χ0v) is 11.1. The molecule has 0 N–H and O–H groups in total. The Morgan fingerprint density at radius 1 is 1.06 bits per heavy atom. The van der Waals surface area contributed by atoms with E-state index in [0.29, 0.717) is 6.42 Å². The van der Waals surface area contributed by atoms with E-state index < -0.39 is 0 Å². The summed E-state index contributed by atoms with van der Waals surface area (Å²) in [5.74, 6) is -0.154. The van der Waals surface area contributed by atoms with Crippen molar-refractivity contribution < 1.29 is 9.53 Å². The lowest BCUT2D eigenvalue weighted by Crippen LogP contribution is -2.01. The van der Waals surface area contributed by atoms with Crippen molar-refractivity contribution in [1.82, 2.24) is 0 Å². The number of hydrogen-bond acceptors (Lipinski definition) is 2. The van der Waals surface area contributed by atoms with Gasteiger partial charge in [-0.05, 0) is 12.0 Å². The molecular weight excluding hydrogens is 200 g/mol. The third kappa shape index (κ3) is 9.25. The van der Waals surface area contributed by atoms with Crippen molar-refractivity contribution in [1.29, 1.82) is 0 Å². The Kier molecular flexibility index (Phi) is 14.6. The minimum atomic E-state index is -0.154. The van der Waals surface area contributed by atoms with Crippen LogP contribution in [0.15, 0.2) is 30.3 Å². The van der Waals surface area contributed by atoms with Crippen LogP contribution in [0.4, 0.5) is 0 Å². The zero-order valence-electron chi connectivity index (χ0n) is 11.1. The number of esters is 1. The number of rotatable bonds is 3. The summed E-state index contributed by atoms with van der Waals surface area (Å²) in [6, 6.07) is 9.90. The number of hydrogen-bond donors (Lipinski definition) is 0. The van der Waals surface area contributed by atoms with E-state index >= 15 is 0 Å². The molecule has 1 aromatic rings. The third-order valence-corrected chi connectivity index (χ3v) is 1.69. The summed E-state index contributed by atoms with van der Waals surface area (Å²) in [5, 5.41) is 0. The normalized spacial score (nSPS) is 7.81. The quantitative estimate of drug-likeness (QED) is 0.729. The van der Waals surface area contributed by atoms with Crippen molar-refractivity contribution in [2.75, 3.05) is 7.11 Å². The maximum atomic E-state index is 10.8. The maximum absolute atomic E-state index is 10.8. The molecule has 1 rings (SSSR count). The molecule has 0 aliphatic rings. The molecule has 0 bridgehead atoms. The van der Waals surface area contributed by atoms with Crippen LogP contribution in [-0.4, -0.2) is 13.1 Å². The van der Waals surface area contributed by atoms with Gasteiger partial charge in [0.15, 0.2) is 0 Å². The second kappa shape index (κ2) is 13.7. The standard InChI is InChI=1S/C10H12O2.2C2H6/c1-12-10(11)8-7-9-5-3-2-4-6-9;2*1-2/h2-6H,7-8H2,1H3;2*1-2H3. The van der Waals surface area contributed by atoms with E-state index in [1.54, 1.807) is 0 Å². The number of benzene rings is 1. The second-order valence-electron chi connectivity index (χ2n) is 2.56. The first-order valence-corrected chi connectivity index (χ1v) is 5.93. The van der Waals surface area contributed by atoms with Crippen LogP contribution in [0.25, 0.3) is 0 Å². The van der Waals surface area contributed by atoms with Crippen molar-refractivity contribution >= 4 is 5.97 Å². The van der Waals surface area contributed by atoms with Crippen molar-refractivity contribution in [3.05, 3.63) is 35.9 Å². The van der Waals surface area contributed by atoms with Gasteiger partial charge in [-0.2, -0.15) is 0 Å². The molecule has 0 radical (unpaired) electrons. The summed E-state index contributed by atoms with van der Waals surface area (Å²) in [4.78, 5) is 10.8. The zero-order chi connectivity index (χ0) is 12.8. The molecule has 16 heavy (non-hydrogen) atoms. The van der Waals surface area contributed by atoms with E-state index in [1.807, 2.05) is 58.0 Å². The van der Waals surface area contributed by atoms with Crippen molar-refractivity contribution in [3.63, 3.8) is 0 Å². The maximum Gasteiger partial charge on any atom is 0.305 e. The molecule has 0 saturated heterocycles. The topological polar surface area (TPSA) is 26.3 Å². The highest BCUT2D eigenvalue weighted by molar-refractivity contribution is 5.69. The summed E-state index contributed by atoms with van der Waals surface area (Å²) in [6.45, 7) is 8.00. The van der Waals surface area contributed by atoms with Crippen LogP contribution in [0.3, 0.4) is 0 Å². The van der Waals surface area contributed by atoms with Crippen molar-refractivity contribution in [2.24, 2.45) is 0 Å². The Bertz CT molecular complexity index is 242. The molecule has 0 spiro atoms. The number of ether oxygens (including phenoxy) is 1. The van der Waals surface area contributed by atoms with E-state index in [1.165, 1.54) is 12.7 Å². The van der Waals surface area contributed by atoms with Gasteiger partial charge in [0.2, 0.25) is 0 Å². The Labute approximate surface area is 99.6 Å². The van der Waals surface area contributed by atoms with Gasteiger partial charge >= 0.3 is 5.97 Å².